The third kappa shape index (κ3) is 3.22. The van der Waals surface area contributed by atoms with Gasteiger partial charge >= 0.3 is 0 Å². The van der Waals surface area contributed by atoms with Gasteiger partial charge in [-0.15, -0.1) is 0 Å². The van der Waals surface area contributed by atoms with Crippen LogP contribution in [0.5, 0.6) is 0 Å². The average Bonchev–Trinajstić information content (AvgIpc) is 2.47. The normalized spacial score (nSPS) is 17.5. The number of piperazine rings is 1. The zero-order valence-electron chi connectivity index (χ0n) is 12.3. The molecule has 2 rings (SSSR count). The second-order valence-electron chi connectivity index (χ2n) is 5.33. The van der Waals surface area contributed by atoms with Gasteiger partial charge in [-0.25, -0.2) is 0 Å². The lowest BCUT2D eigenvalue weighted by atomic mass is 10.1. The largest absolute Gasteiger partial charge is 0.409 e. The van der Waals surface area contributed by atoms with Gasteiger partial charge in [-0.3, -0.25) is 4.90 Å². The van der Waals surface area contributed by atoms with E-state index in [1.807, 2.05) is 13.0 Å². The molecule has 0 radical (unpaired) electrons. The molecule has 1 aromatic rings. The minimum atomic E-state index is 0.180. The van der Waals surface area contributed by atoms with Crippen molar-refractivity contribution >= 4 is 11.5 Å². The molecule has 20 heavy (non-hydrogen) atoms. The fourth-order valence-electron chi connectivity index (χ4n) is 2.71. The van der Waals surface area contributed by atoms with Crippen molar-refractivity contribution in [2.24, 2.45) is 10.9 Å². The number of hydrogen-bond donors (Lipinski definition) is 2. The van der Waals surface area contributed by atoms with Crippen molar-refractivity contribution < 1.29 is 5.21 Å². The van der Waals surface area contributed by atoms with E-state index in [-0.39, 0.29) is 5.84 Å². The van der Waals surface area contributed by atoms with Gasteiger partial charge in [0, 0.05) is 37.4 Å². The second kappa shape index (κ2) is 6.61. The molecule has 1 heterocycles. The van der Waals surface area contributed by atoms with E-state index >= 15 is 0 Å². The lowest BCUT2D eigenvalue weighted by Crippen LogP contribution is -2.47. The van der Waals surface area contributed by atoms with Gasteiger partial charge in [0.2, 0.25) is 0 Å². The maximum absolute atomic E-state index is 8.95. The van der Waals surface area contributed by atoms with Crippen LogP contribution < -0.4 is 10.6 Å². The van der Waals surface area contributed by atoms with E-state index in [9.17, 15) is 0 Å². The van der Waals surface area contributed by atoms with Gasteiger partial charge in [-0.2, -0.15) is 0 Å². The summed E-state index contributed by atoms with van der Waals surface area (Å²) in [4.78, 5) is 4.80. The Morgan fingerprint density at radius 3 is 2.60 bits per heavy atom. The summed E-state index contributed by atoms with van der Waals surface area (Å²) in [5, 5.41) is 12.1. The topological polar surface area (TPSA) is 65.1 Å². The summed E-state index contributed by atoms with van der Waals surface area (Å²) in [7, 11) is 0. The Balaban J connectivity index is 2.17. The number of anilines is 1. The number of nitrogens with two attached hydrogens (primary N) is 1. The van der Waals surface area contributed by atoms with Crippen LogP contribution in [0.3, 0.4) is 0 Å². The molecular weight excluding hydrogens is 252 g/mol. The Hall–Kier alpha value is -1.75. The molecular formula is C15H24N4O. The summed E-state index contributed by atoms with van der Waals surface area (Å²) in [6, 6.07) is 6.11. The van der Waals surface area contributed by atoms with E-state index in [1.54, 1.807) is 0 Å². The number of rotatable bonds is 4. The molecule has 0 aliphatic carbocycles. The number of aryl methyl sites for hydroxylation is 1. The highest BCUT2D eigenvalue weighted by Gasteiger charge is 2.19. The van der Waals surface area contributed by atoms with Gasteiger partial charge in [-0.1, -0.05) is 23.7 Å². The van der Waals surface area contributed by atoms with Crippen LogP contribution in [0.4, 0.5) is 5.69 Å². The SMILES string of the molecule is CCCN1CCN(c2ccc(C)cc2/C(N)=N/O)CC1. The zero-order valence-corrected chi connectivity index (χ0v) is 12.3. The van der Waals surface area contributed by atoms with Crippen LogP contribution in [0.15, 0.2) is 23.4 Å². The predicted octanol–water partition coefficient (Wildman–Crippen LogP) is 1.62. The van der Waals surface area contributed by atoms with E-state index in [0.717, 1.165) is 49.5 Å². The van der Waals surface area contributed by atoms with Gasteiger partial charge < -0.3 is 15.8 Å². The van der Waals surface area contributed by atoms with E-state index in [2.05, 4.69) is 34.0 Å². The first-order chi connectivity index (χ1) is 9.65. The summed E-state index contributed by atoms with van der Waals surface area (Å²) in [6.07, 6.45) is 1.19. The molecule has 0 unspecified atom stereocenters. The molecule has 110 valence electrons. The minimum Gasteiger partial charge on any atom is -0.409 e. The molecule has 1 saturated heterocycles. The van der Waals surface area contributed by atoms with Gasteiger partial charge in [-0.05, 0) is 32.0 Å². The molecule has 0 aromatic heterocycles. The van der Waals surface area contributed by atoms with Gasteiger partial charge in [0.25, 0.3) is 0 Å². The quantitative estimate of drug-likeness (QED) is 0.380. The molecule has 3 N–H and O–H groups in total. The number of hydrogen-bond acceptors (Lipinski definition) is 4. The van der Waals surface area contributed by atoms with Crippen LogP contribution in [0.1, 0.15) is 24.5 Å². The lowest BCUT2D eigenvalue weighted by molar-refractivity contribution is 0.258. The molecule has 0 bridgehead atoms. The van der Waals surface area contributed by atoms with E-state index in [0.29, 0.717) is 0 Å². The van der Waals surface area contributed by atoms with Crippen molar-refractivity contribution in [2.45, 2.75) is 20.3 Å². The summed E-state index contributed by atoms with van der Waals surface area (Å²) < 4.78 is 0. The molecule has 0 saturated carbocycles. The van der Waals surface area contributed by atoms with E-state index in [4.69, 9.17) is 10.9 Å². The second-order valence-corrected chi connectivity index (χ2v) is 5.33. The average molecular weight is 276 g/mol. The van der Waals surface area contributed by atoms with Crippen LogP contribution in [0.25, 0.3) is 0 Å². The van der Waals surface area contributed by atoms with Crippen molar-refractivity contribution in [3.63, 3.8) is 0 Å². The maximum Gasteiger partial charge on any atom is 0.172 e. The van der Waals surface area contributed by atoms with E-state index < -0.39 is 0 Å². The number of amidine groups is 1. The molecule has 0 spiro atoms. The third-order valence-electron chi connectivity index (χ3n) is 3.79. The standard InChI is InChI=1S/C15H24N4O/c1-3-6-18-7-9-19(10-8-18)14-5-4-12(2)11-13(14)15(16)17-20/h4-5,11,20H,3,6-10H2,1-2H3,(H2,16,17). The first kappa shape index (κ1) is 14.7. The van der Waals surface area contributed by atoms with Crippen LogP contribution in [0, 0.1) is 6.92 Å². The van der Waals surface area contributed by atoms with Crippen LogP contribution in [-0.4, -0.2) is 48.7 Å². The summed E-state index contributed by atoms with van der Waals surface area (Å²) >= 11 is 0. The van der Waals surface area contributed by atoms with Crippen LogP contribution in [0.2, 0.25) is 0 Å². The first-order valence-corrected chi connectivity index (χ1v) is 7.21. The molecule has 1 aromatic carbocycles. The number of nitrogens with zero attached hydrogens (tertiary/aromatic N) is 3. The predicted molar refractivity (Wildman–Crippen MR) is 82.6 cm³/mol. The van der Waals surface area contributed by atoms with Crippen LogP contribution in [-0.2, 0) is 0 Å². The molecule has 1 aliphatic rings. The van der Waals surface area contributed by atoms with Crippen molar-refractivity contribution in [2.75, 3.05) is 37.6 Å². The van der Waals surface area contributed by atoms with Crippen molar-refractivity contribution in [1.29, 1.82) is 0 Å². The smallest absolute Gasteiger partial charge is 0.172 e. The number of oxime groups is 1. The molecule has 0 atom stereocenters. The summed E-state index contributed by atoms with van der Waals surface area (Å²) in [5.74, 6) is 0.180. The Morgan fingerprint density at radius 1 is 1.30 bits per heavy atom. The van der Waals surface area contributed by atoms with Gasteiger partial charge in [0.1, 0.15) is 0 Å². The van der Waals surface area contributed by atoms with E-state index in [1.165, 1.54) is 6.42 Å². The fraction of sp³-hybridized carbons (Fsp3) is 0.533. The number of benzene rings is 1. The molecule has 5 nitrogen and oxygen atoms in total. The van der Waals surface area contributed by atoms with Crippen molar-refractivity contribution in [3.05, 3.63) is 29.3 Å². The van der Waals surface area contributed by atoms with Gasteiger partial charge in [0.05, 0.1) is 0 Å². The molecule has 5 heteroatoms. The highest BCUT2D eigenvalue weighted by molar-refractivity contribution is 6.02. The fourth-order valence-corrected chi connectivity index (χ4v) is 2.71. The highest BCUT2D eigenvalue weighted by Crippen LogP contribution is 2.23. The third-order valence-corrected chi connectivity index (χ3v) is 3.79. The van der Waals surface area contributed by atoms with Gasteiger partial charge in [0.15, 0.2) is 5.84 Å². The molecule has 1 fully saturated rings. The summed E-state index contributed by atoms with van der Waals surface area (Å²) in [5.41, 5.74) is 8.79. The zero-order chi connectivity index (χ0) is 14.5. The van der Waals surface area contributed by atoms with Crippen molar-refractivity contribution in [3.8, 4) is 0 Å². The summed E-state index contributed by atoms with van der Waals surface area (Å²) in [6.45, 7) is 9.48. The highest BCUT2D eigenvalue weighted by atomic mass is 16.4. The van der Waals surface area contributed by atoms with Crippen LogP contribution >= 0.6 is 0 Å². The molecule has 0 amide bonds. The lowest BCUT2D eigenvalue weighted by Gasteiger charge is -2.36. The monoisotopic (exact) mass is 276 g/mol. The Kier molecular flexibility index (Phi) is 4.84. The Bertz CT molecular complexity index is 479. The Labute approximate surface area is 120 Å². The first-order valence-electron chi connectivity index (χ1n) is 7.21. The maximum atomic E-state index is 8.95. The van der Waals surface area contributed by atoms with Crippen molar-refractivity contribution in [1.82, 2.24) is 4.90 Å². The minimum absolute atomic E-state index is 0.180. The Morgan fingerprint density at radius 2 is 2.00 bits per heavy atom. The molecule has 1 aliphatic heterocycles.